The van der Waals surface area contributed by atoms with Crippen molar-refractivity contribution in [1.82, 2.24) is 0 Å². The second-order valence-corrected chi connectivity index (χ2v) is 3.77. The summed E-state index contributed by atoms with van der Waals surface area (Å²) < 4.78 is 0. The highest BCUT2D eigenvalue weighted by atomic mass is 32.2. The molecule has 0 heterocycles. The van der Waals surface area contributed by atoms with Crippen LogP contribution < -0.4 is 0 Å². The van der Waals surface area contributed by atoms with Crippen molar-refractivity contribution in [1.29, 1.82) is 0 Å². The zero-order chi connectivity index (χ0) is 10.4. The average molecular weight is 212 g/mol. The molecule has 0 aromatic heterocycles. The highest BCUT2D eigenvalue weighted by molar-refractivity contribution is 8.13. The molecule has 14 heavy (non-hydrogen) atoms. The Balaban J connectivity index is 2.38. The molecule has 0 radical (unpaired) electrons. The average Bonchev–Trinajstić information content (AvgIpc) is 2.26. The van der Waals surface area contributed by atoms with Crippen LogP contribution in [0.5, 0.6) is 0 Å². The van der Waals surface area contributed by atoms with Crippen LogP contribution >= 0.6 is 11.8 Å². The van der Waals surface area contributed by atoms with Gasteiger partial charge >= 0.3 is 0 Å². The van der Waals surface area contributed by atoms with Crippen LogP contribution in [0, 0.1) is 0 Å². The smallest absolute Gasteiger partial charge is 0.220 e. The summed E-state index contributed by atoms with van der Waals surface area (Å²) in [4.78, 5) is 11.1. The van der Waals surface area contributed by atoms with E-state index in [0.717, 1.165) is 17.3 Å². The molecule has 1 aromatic rings. The summed E-state index contributed by atoms with van der Waals surface area (Å²) in [6.45, 7) is -0.513. The van der Waals surface area contributed by atoms with Gasteiger partial charge in [-0.15, -0.1) is 0 Å². The second kappa shape index (κ2) is 5.80. The molecule has 0 aliphatic rings. The Morgan fingerprint density at radius 2 is 2.00 bits per heavy atom. The van der Waals surface area contributed by atoms with Crippen LogP contribution in [0.1, 0.15) is 5.56 Å². The number of aliphatic hydroxyl groups is 2. The molecule has 1 unspecified atom stereocenters. The van der Waals surface area contributed by atoms with Gasteiger partial charge in [-0.05, 0) is 5.56 Å². The Morgan fingerprint density at radius 1 is 1.36 bits per heavy atom. The lowest BCUT2D eigenvalue weighted by Gasteiger charge is -2.04. The number of benzene rings is 1. The monoisotopic (exact) mass is 212 g/mol. The maximum absolute atomic E-state index is 11.1. The van der Waals surface area contributed by atoms with Crippen LogP contribution in [-0.4, -0.2) is 28.0 Å². The van der Waals surface area contributed by atoms with Crippen LogP contribution in [0.3, 0.4) is 0 Å². The van der Waals surface area contributed by atoms with Crippen LogP contribution in [0.25, 0.3) is 0 Å². The molecule has 0 saturated carbocycles. The highest BCUT2D eigenvalue weighted by Crippen LogP contribution is 2.14. The third-order valence-electron chi connectivity index (χ3n) is 1.67. The van der Waals surface area contributed by atoms with Gasteiger partial charge in [0, 0.05) is 5.75 Å². The van der Waals surface area contributed by atoms with Gasteiger partial charge in [-0.3, -0.25) is 4.79 Å². The van der Waals surface area contributed by atoms with E-state index in [-0.39, 0.29) is 0 Å². The van der Waals surface area contributed by atoms with Crippen molar-refractivity contribution in [3.05, 3.63) is 35.9 Å². The van der Waals surface area contributed by atoms with Crippen LogP contribution in [0.2, 0.25) is 0 Å². The third-order valence-corrected chi connectivity index (χ3v) is 2.70. The summed E-state index contributed by atoms with van der Waals surface area (Å²) in [6.07, 6.45) is -1.26. The molecule has 0 aliphatic heterocycles. The van der Waals surface area contributed by atoms with E-state index in [1.54, 1.807) is 0 Å². The summed E-state index contributed by atoms with van der Waals surface area (Å²) in [5, 5.41) is 17.1. The first-order valence-corrected chi connectivity index (χ1v) is 5.22. The predicted octanol–water partition coefficient (Wildman–Crippen LogP) is 0.800. The molecule has 0 fully saturated rings. The fourth-order valence-corrected chi connectivity index (χ4v) is 1.67. The minimum atomic E-state index is -1.26. The number of carbonyl (C=O) groups is 1. The lowest BCUT2D eigenvalue weighted by molar-refractivity contribution is -0.119. The number of rotatable bonds is 4. The fourth-order valence-electron chi connectivity index (χ4n) is 0.899. The topological polar surface area (TPSA) is 57.5 Å². The van der Waals surface area contributed by atoms with Gasteiger partial charge < -0.3 is 10.2 Å². The Labute approximate surface area is 86.8 Å². The minimum Gasteiger partial charge on any atom is -0.393 e. The van der Waals surface area contributed by atoms with Crippen molar-refractivity contribution >= 4 is 16.9 Å². The van der Waals surface area contributed by atoms with Gasteiger partial charge in [-0.1, -0.05) is 42.1 Å². The first-order chi connectivity index (χ1) is 6.74. The summed E-state index contributed by atoms with van der Waals surface area (Å²) in [7, 11) is 0. The second-order valence-electron chi connectivity index (χ2n) is 2.79. The van der Waals surface area contributed by atoms with E-state index in [2.05, 4.69) is 0 Å². The third kappa shape index (κ3) is 3.49. The predicted molar refractivity (Wildman–Crippen MR) is 55.8 cm³/mol. The molecule has 1 rings (SSSR count). The van der Waals surface area contributed by atoms with Gasteiger partial charge in [-0.25, -0.2) is 0 Å². The first kappa shape index (κ1) is 11.2. The van der Waals surface area contributed by atoms with Gasteiger partial charge in [0.05, 0.1) is 6.61 Å². The SMILES string of the molecule is O=C(SCc1ccccc1)C(O)CO. The molecule has 0 aliphatic carbocycles. The van der Waals surface area contributed by atoms with E-state index in [4.69, 9.17) is 10.2 Å². The van der Waals surface area contributed by atoms with Crippen LogP contribution in [0.15, 0.2) is 30.3 Å². The maximum atomic E-state index is 11.1. The Hall–Kier alpha value is -0.840. The van der Waals surface area contributed by atoms with Crippen molar-refractivity contribution < 1.29 is 15.0 Å². The molecule has 3 nitrogen and oxygen atoms in total. The number of aliphatic hydroxyl groups excluding tert-OH is 2. The molecule has 0 bridgehead atoms. The standard InChI is InChI=1S/C10H12O3S/c11-6-9(12)10(13)14-7-8-4-2-1-3-5-8/h1-5,9,11-12H,6-7H2. The van der Waals surface area contributed by atoms with Gasteiger partial charge in [0.1, 0.15) is 6.10 Å². The summed E-state index contributed by atoms with van der Waals surface area (Å²) in [5.74, 6) is 0.525. The maximum Gasteiger partial charge on any atom is 0.220 e. The molecule has 0 spiro atoms. The van der Waals surface area contributed by atoms with Crippen LogP contribution in [0.4, 0.5) is 0 Å². The summed E-state index contributed by atoms with van der Waals surface area (Å²) in [5.41, 5.74) is 1.02. The van der Waals surface area contributed by atoms with E-state index in [1.165, 1.54) is 0 Å². The van der Waals surface area contributed by atoms with E-state index >= 15 is 0 Å². The quantitative estimate of drug-likeness (QED) is 0.775. The molecular weight excluding hydrogens is 200 g/mol. The molecule has 4 heteroatoms. The summed E-state index contributed by atoms with van der Waals surface area (Å²) >= 11 is 1.01. The Bertz CT molecular complexity index is 287. The lowest BCUT2D eigenvalue weighted by Crippen LogP contribution is -2.21. The van der Waals surface area contributed by atoms with Crippen molar-refractivity contribution in [3.8, 4) is 0 Å². The first-order valence-electron chi connectivity index (χ1n) is 4.23. The van der Waals surface area contributed by atoms with E-state index in [9.17, 15) is 4.79 Å². The van der Waals surface area contributed by atoms with Crippen molar-refractivity contribution in [2.75, 3.05) is 6.61 Å². The van der Waals surface area contributed by atoms with E-state index < -0.39 is 17.8 Å². The number of hydrogen-bond acceptors (Lipinski definition) is 4. The fraction of sp³-hybridized carbons (Fsp3) is 0.300. The van der Waals surface area contributed by atoms with E-state index in [1.807, 2.05) is 30.3 Å². The zero-order valence-corrected chi connectivity index (χ0v) is 8.41. The lowest BCUT2D eigenvalue weighted by atomic mass is 10.2. The molecule has 1 atom stereocenters. The van der Waals surface area contributed by atoms with Gasteiger partial charge in [0.25, 0.3) is 0 Å². The van der Waals surface area contributed by atoms with Gasteiger partial charge in [0.2, 0.25) is 5.12 Å². The largest absolute Gasteiger partial charge is 0.393 e. The Morgan fingerprint density at radius 3 is 2.57 bits per heavy atom. The molecule has 76 valence electrons. The Kier molecular flexibility index (Phi) is 4.65. The van der Waals surface area contributed by atoms with Crippen LogP contribution in [-0.2, 0) is 10.5 Å². The number of thioether (sulfide) groups is 1. The number of carbonyl (C=O) groups excluding carboxylic acids is 1. The van der Waals surface area contributed by atoms with E-state index in [0.29, 0.717) is 5.75 Å². The van der Waals surface area contributed by atoms with Gasteiger partial charge in [0.15, 0.2) is 0 Å². The molecule has 0 amide bonds. The van der Waals surface area contributed by atoms with Crippen molar-refractivity contribution in [2.45, 2.75) is 11.9 Å². The molecular formula is C10H12O3S. The minimum absolute atomic E-state index is 0.392. The van der Waals surface area contributed by atoms with Gasteiger partial charge in [-0.2, -0.15) is 0 Å². The molecule has 2 N–H and O–H groups in total. The number of hydrogen-bond donors (Lipinski definition) is 2. The van der Waals surface area contributed by atoms with Crippen molar-refractivity contribution in [3.63, 3.8) is 0 Å². The molecule has 0 saturated heterocycles. The normalized spacial score (nSPS) is 12.4. The molecule has 1 aromatic carbocycles. The van der Waals surface area contributed by atoms with Crippen molar-refractivity contribution in [2.24, 2.45) is 0 Å². The zero-order valence-electron chi connectivity index (χ0n) is 7.59. The highest BCUT2D eigenvalue weighted by Gasteiger charge is 2.13. The summed E-state index contributed by atoms with van der Waals surface area (Å²) in [6, 6.07) is 9.50.